The summed E-state index contributed by atoms with van der Waals surface area (Å²) in [5.74, 6) is -2.58. The highest BCUT2D eigenvalue weighted by molar-refractivity contribution is 5.84. The molecule has 2 N–H and O–H groups in total. The lowest BCUT2D eigenvalue weighted by Gasteiger charge is -2.18. The summed E-state index contributed by atoms with van der Waals surface area (Å²) in [6, 6.07) is 4.54. The highest BCUT2D eigenvalue weighted by Gasteiger charge is 2.31. The van der Waals surface area contributed by atoms with E-state index in [1.807, 2.05) is 0 Å². The van der Waals surface area contributed by atoms with Gasteiger partial charge in [0, 0.05) is 7.11 Å². The minimum Gasteiger partial charge on any atom is -0.479 e. The largest absolute Gasteiger partial charge is 0.479 e. The number of carboxylic acid groups (broad SMARTS) is 1. The molecule has 1 rings (SSSR count). The Kier molecular flexibility index (Phi) is 6.56. The zero-order valence-corrected chi connectivity index (χ0v) is 12.7. The number of aliphatic carboxylic acids is 1. The van der Waals surface area contributed by atoms with Crippen LogP contribution in [0.3, 0.4) is 0 Å². The average Bonchev–Trinajstić information content (AvgIpc) is 2.47. The van der Waals surface area contributed by atoms with Gasteiger partial charge >= 0.3 is 12.1 Å². The summed E-state index contributed by atoms with van der Waals surface area (Å²) in [6.45, 7) is 1.40. The second-order valence-corrected chi connectivity index (χ2v) is 4.89. The first-order valence-corrected chi connectivity index (χ1v) is 6.91. The number of methoxy groups -OCH3 is 1. The van der Waals surface area contributed by atoms with Crippen LogP contribution in [0.25, 0.3) is 0 Å². The molecule has 128 valence electrons. The monoisotopic (exact) mass is 333 g/mol. The van der Waals surface area contributed by atoms with Crippen molar-refractivity contribution in [2.45, 2.75) is 31.5 Å². The summed E-state index contributed by atoms with van der Waals surface area (Å²) in [5.41, 5.74) is -0.606. The Morgan fingerprint density at radius 2 is 2.00 bits per heavy atom. The third kappa shape index (κ3) is 5.24. The molecule has 0 aliphatic heterocycles. The molecule has 2 unspecified atom stereocenters. The lowest BCUT2D eigenvalue weighted by Crippen LogP contribution is -2.39. The zero-order chi connectivity index (χ0) is 17.6. The van der Waals surface area contributed by atoms with Crippen LogP contribution in [0.2, 0.25) is 0 Å². The van der Waals surface area contributed by atoms with E-state index >= 15 is 0 Å². The van der Waals surface area contributed by atoms with Gasteiger partial charge in [-0.05, 0) is 18.1 Å². The molecule has 0 aromatic heterocycles. The Balaban J connectivity index is 2.87. The molecule has 0 saturated heterocycles. The van der Waals surface area contributed by atoms with Crippen molar-refractivity contribution in [3.8, 4) is 0 Å². The molecule has 0 saturated carbocycles. The Bertz CT molecular complexity index is 560. The van der Waals surface area contributed by atoms with E-state index in [4.69, 9.17) is 5.11 Å². The van der Waals surface area contributed by atoms with E-state index in [0.717, 1.165) is 12.1 Å². The number of carbonyl (C=O) groups is 2. The normalized spacial score (nSPS) is 14.1. The predicted octanol–water partition coefficient (Wildman–Crippen LogP) is 2.41. The van der Waals surface area contributed by atoms with Gasteiger partial charge < -0.3 is 15.2 Å². The minimum absolute atomic E-state index is 0.226. The second-order valence-electron chi connectivity index (χ2n) is 4.89. The number of nitrogens with one attached hydrogen (secondary N) is 1. The van der Waals surface area contributed by atoms with Crippen LogP contribution in [0.5, 0.6) is 0 Å². The van der Waals surface area contributed by atoms with Gasteiger partial charge in [-0.3, -0.25) is 4.79 Å². The average molecular weight is 333 g/mol. The van der Waals surface area contributed by atoms with Crippen molar-refractivity contribution in [1.82, 2.24) is 5.32 Å². The number of ether oxygens (including phenoxy) is 1. The Labute approximate surface area is 131 Å². The van der Waals surface area contributed by atoms with Crippen LogP contribution in [0.4, 0.5) is 13.2 Å². The Morgan fingerprint density at radius 3 is 2.48 bits per heavy atom. The molecular weight excluding hydrogens is 315 g/mol. The van der Waals surface area contributed by atoms with Crippen LogP contribution in [0, 0.1) is 0 Å². The number of halogens is 3. The number of carbonyl (C=O) groups excluding carboxylic acids is 1. The molecule has 1 amide bonds. The van der Waals surface area contributed by atoms with Gasteiger partial charge in [0.15, 0.2) is 6.10 Å². The van der Waals surface area contributed by atoms with Crippen LogP contribution in [-0.2, 0) is 20.5 Å². The number of hydrogen-bond donors (Lipinski definition) is 2. The van der Waals surface area contributed by atoms with Crippen molar-refractivity contribution in [2.24, 2.45) is 0 Å². The van der Waals surface area contributed by atoms with Crippen LogP contribution >= 0.6 is 0 Å². The fourth-order valence-electron chi connectivity index (χ4n) is 2.09. The van der Waals surface area contributed by atoms with Crippen molar-refractivity contribution in [1.29, 1.82) is 0 Å². The summed E-state index contributed by atoms with van der Waals surface area (Å²) >= 11 is 0. The molecule has 1 aromatic rings. The standard InChI is InChI=1S/C15H18F3NO4/c1-3-11(13(20)19-8-12(23-2)14(21)22)9-5-4-6-10(7-9)15(16,17)18/h4-7,11-12H,3,8H2,1-2H3,(H,19,20)(H,21,22). The lowest BCUT2D eigenvalue weighted by atomic mass is 9.94. The molecule has 5 nitrogen and oxygen atoms in total. The number of amides is 1. The maximum Gasteiger partial charge on any atom is 0.416 e. The molecule has 1 aromatic carbocycles. The molecular formula is C15H18F3NO4. The van der Waals surface area contributed by atoms with Crippen molar-refractivity contribution in [3.05, 3.63) is 35.4 Å². The molecule has 0 spiro atoms. The molecule has 2 atom stereocenters. The number of carboxylic acids is 1. The van der Waals surface area contributed by atoms with Crippen molar-refractivity contribution >= 4 is 11.9 Å². The maximum atomic E-state index is 12.7. The molecule has 0 fully saturated rings. The van der Waals surface area contributed by atoms with Crippen LogP contribution in [0.1, 0.15) is 30.4 Å². The molecule has 0 bridgehead atoms. The topological polar surface area (TPSA) is 75.6 Å². The first-order valence-electron chi connectivity index (χ1n) is 6.91. The SMILES string of the molecule is CCC(C(=O)NCC(OC)C(=O)O)c1cccc(C(F)(F)F)c1. The summed E-state index contributed by atoms with van der Waals surface area (Å²) < 4.78 is 42.9. The fourth-order valence-corrected chi connectivity index (χ4v) is 2.09. The van der Waals surface area contributed by atoms with Crippen LogP contribution < -0.4 is 5.32 Å². The smallest absolute Gasteiger partial charge is 0.416 e. The predicted molar refractivity (Wildman–Crippen MR) is 75.9 cm³/mol. The first kappa shape index (κ1) is 19.0. The number of benzene rings is 1. The van der Waals surface area contributed by atoms with Crippen LogP contribution in [-0.4, -0.2) is 36.7 Å². The minimum atomic E-state index is -4.49. The van der Waals surface area contributed by atoms with E-state index in [1.54, 1.807) is 6.92 Å². The molecule has 23 heavy (non-hydrogen) atoms. The van der Waals surface area contributed by atoms with E-state index in [-0.39, 0.29) is 18.5 Å². The number of hydrogen-bond acceptors (Lipinski definition) is 3. The zero-order valence-electron chi connectivity index (χ0n) is 12.7. The van der Waals surface area contributed by atoms with Crippen molar-refractivity contribution in [2.75, 3.05) is 13.7 Å². The quantitative estimate of drug-likeness (QED) is 0.803. The second kappa shape index (κ2) is 7.96. The van der Waals surface area contributed by atoms with E-state index in [2.05, 4.69) is 10.1 Å². The molecule has 0 aliphatic carbocycles. The summed E-state index contributed by atoms with van der Waals surface area (Å²) in [4.78, 5) is 22.9. The number of rotatable bonds is 7. The van der Waals surface area contributed by atoms with Gasteiger partial charge in [-0.1, -0.05) is 25.1 Å². The molecule has 0 aliphatic rings. The highest BCUT2D eigenvalue weighted by atomic mass is 19.4. The van der Waals surface area contributed by atoms with Crippen molar-refractivity contribution < 1.29 is 32.6 Å². The maximum absolute atomic E-state index is 12.7. The van der Waals surface area contributed by atoms with E-state index in [1.165, 1.54) is 19.2 Å². The van der Waals surface area contributed by atoms with Crippen molar-refractivity contribution in [3.63, 3.8) is 0 Å². The summed E-state index contributed by atoms with van der Waals surface area (Å²) in [5, 5.41) is 11.2. The van der Waals surface area contributed by atoms with Gasteiger partial charge in [0.2, 0.25) is 5.91 Å². The molecule has 0 heterocycles. The van der Waals surface area contributed by atoms with Gasteiger partial charge in [-0.15, -0.1) is 0 Å². The third-order valence-corrected chi connectivity index (χ3v) is 3.36. The summed E-state index contributed by atoms with van der Waals surface area (Å²) in [6.07, 6.45) is -5.43. The summed E-state index contributed by atoms with van der Waals surface area (Å²) in [7, 11) is 1.19. The van der Waals surface area contributed by atoms with Gasteiger partial charge in [0.05, 0.1) is 18.0 Å². The van der Waals surface area contributed by atoms with Crippen LogP contribution in [0.15, 0.2) is 24.3 Å². The fraction of sp³-hybridized carbons (Fsp3) is 0.467. The van der Waals surface area contributed by atoms with Gasteiger partial charge in [-0.2, -0.15) is 13.2 Å². The van der Waals surface area contributed by atoms with E-state index in [0.29, 0.717) is 0 Å². The molecule has 0 radical (unpaired) electrons. The van der Waals surface area contributed by atoms with Gasteiger partial charge in [0.1, 0.15) is 0 Å². The van der Waals surface area contributed by atoms with Gasteiger partial charge in [-0.25, -0.2) is 4.79 Å². The Hall–Kier alpha value is -2.09. The van der Waals surface area contributed by atoms with E-state index in [9.17, 15) is 22.8 Å². The third-order valence-electron chi connectivity index (χ3n) is 3.36. The highest BCUT2D eigenvalue weighted by Crippen LogP contribution is 2.31. The Morgan fingerprint density at radius 1 is 1.35 bits per heavy atom. The first-order chi connectivity index (χ1) is 10.7. The van der Waals surface area contributed by atoms with E-state index < -0.39 is 35.6 Å². The number of alkyl halides is 3. The van der Waals surface area contributed by atoms with Gasteiger partial charge in [0.25, 0.3) is 0 Å². The molecule has 8 heteroatoms. The lowest BCUT2D eigenvalue weighted by molar-refractivity contribution is -0.148.